The van der Waals surface area contributed by atoms with Gasteiger partial charge in [0.05, 0.1) is 21.7 Å². The maximum atomic E-state index is 11.6. The van der Waals surface area contributed by atoms with Crippen LogP contribution >= 0.6 is 27.3 Å². The van der Waals surface area contributed by atoms with Crippen molar-refractivity contribution < 1.29 is 9.90 Å². The summed E-state index contributed by atoms with van der Waals surface area (Å²) in [6.07, 6.45) is 0. The molecular formula is C15H10BrNO2S. The van der Waals surface area contributed by atoms with Gasteiger partial charge in [-0.25, -0.2) is 9.78 Å². The van der Waals surface area contributed by atoms with Crippen molar-refractivity contribution in [2.45, 2.75) is 6.92 Å². The number of aromatic carboxylic acids is 1. The highest BCUT2D eigenvalue weighted by Crippen LogP contribution is 2.33. The van der Waals surface area contributed by atoms with E-state index in [0.29, 0.717) is 22.0 Å². The standard InChI is InChI=1S/C15H10BrNO2S/c1-8-13(15(18)19)10-5-4-9(16)7-11(10)17-14(8)12-3-2-6-20-12/h2-7H,1H3,(H,18,19). The van der Waals surface area contributed by atoms with Crippen molar-refractivity contribution >= 4 is 44.1 Å². The van der Waals surface area contributed by atoms with Crippen LogP contribution in [0.1, 0.15) is 15.9 Å². The smallest absolute Gasteiger partial charge is 0.336 e. The topological polar surface area (TPSA) is 50.2 Å². The van der Waals surface area contributed by atoms with E-state index in [-0.39, 0.29) is 0 Å². The third-order valence-electron chi connectivity index (χ3n) is 3.16. The van der Waals surface area contributed by atoms with Gasteiger partial charge in [0.25, 0.3) is 0 Å². The van der Waals surface area contributed by atoms with Crippen LogP contribution < -0.4 is 0 Å². The number of carbonyl (C=O) groups is 1. The number of hydrogen-bond donors (Lipinski definition) is 1. The molecule has 0 spiro atoms. The zero-order valence-electron chi connectivity index (χ0n) is 10.6. The molecule has 5 heteroatoms. The van der Waals surface area contributed by atoms with Crippen molar-refractivity contribution in [3.8, 4) is 10.6 Å². The van der Waals surface area contributed by atoms with Crippen LogP contribution in [-0.2, 0) is 0 Å². The van der Waals surface area contributed by atoms with Crippen molar-refractivity contribution in [2.75, 3.05) is 0 Å². The minimum atomic E-state index is -0.921. The first-order valence-electron chi connectivity index (χ1n) is 5.95. The fourth-order valence-corrected chi connectivity index (χ4v) is 3.38. The van der Waals surface area contributed by atoms with Crippen molar-refractivity contribution in [3.63, 3.8) is 0 Å². The third-order valence-corrected chi connectivity index (χ3v) is 4.53. The van der Waals surface area contributed by atoms with Crippen LogP contribution in [0.25, 0.3) is 21.5 Å². The second-order valence-corrected chi connectivity index (χ2v) is 6.27. The molecule has 0 aliphatic carbocycles. The van der Waals surface area contributed by atoms with Crippen LogP contribution in [0.15, 0.2) is 40.2 Å². The fraction of sp³-hybridized carbons (Fsp3) is 0.0667. The number of aromatic nitrogens is 1. The summed E-state index contributed by atoms with van der Waals surface area (Å²) in [6, 6.07) is 9.36. The summed E-state index contributed by atoms with van der Waals surface area (Å²) in [5, 5.41) is 12.1. The normalized spacial score (nSPS) is 10.9. The summed E-state index contributed by atoms with van der Waals surface area (Å²) in [5.74, 6) is -0.921. The van der Waals surface area contributed by atoms with Gasteiger partial charge in [-0.1, -0.05) is 28.1 Å². The van der Waals surface area contributed by atoms with Gasteiger partial charge >= 0.3 is 5.97 Å². The van der Waals surface area contributed by atoms with Gasteiger partial charge in [0.2, 0.25) is 0 Å². The number of carboxylic acid groups (broad SMARTS) is 1. The number of carboxylic acids is 1. The lowest BCUT2D eigenvalue weighted by Crippen LogP contribution is -2.04. The minimum absolute atomic E-state index is 0.325. The lowest BCUT2D eigenvalue weighted by Gasteiger charge is -2.11. The molecule has 0 radical (unpaired) electrons. The molecule has 0 fully saturated rings. The molecule has 0 saturated carbocycles. The molecule has 0 amide bonds. The van der Waals surface area contributed by atoms with Crippen molar-refractivity contribution in [2.24, 2.45) is 0 Å². The Kier molecular flexibility index (Phi) is 3.31. The summed E-state index contributed by atoms with van der Waals surface area (Å²) in [6.45, 7) is 1.81. The van der Waals surface area contributed by atoms with Gasteiger partial charge in [0.1, 0.15) is 0 Å². The van der Waals surface area contributed by atoms with E-state index in [2.05, 4.69) is 20.9 Å². The average molecular weight is 348 g/mol. The maximum absolute atomic E-state index is 11.6. The molecule has 2 heterocycles. The molecular weight excluding hydrogens is 338 g/mol. The van der Waals surface area contributed by atoms with E-state index >= 15 is 0 Å². The molecule has 3 aromatic rings. The van der Waals surface area contributed by atoms with Gasteiger partial charge in [0, 0.05) is 9.86 Å². The Labute approximate surface area is 128 Å². The first-order chi connectivity index (χ1) is 9.58. The molecule has 1 aromatic carbocycles. The van der Waals surface area contributed by atoms with Crippen LogP contribution in [-0.4, -0.2) is 16.1 Å². The maximum Gasteiger partial charge on any atom is 0.336 e. The number of benzene rings is 1. The molecule has 1 N–H and O–H groups in total. The van der Waals surface area contributed by atoms with E-state index in [4.69, 9.17) is 0 Å². The molecule has 0 aliphatic heterocycles. The highest BCUT2D eigenvalue weighted by atomic mass is 79.9. The molecule has 0 saturated heterocycles. The number of rotatable bonds is 2. The molecule has 2 aromatic heterocycles. The Morgan fingerprint density at radius 3 is 2.80 bits per heavy atom. The Morgan fingerprint density at radius 2 is 2.15 bits per heavy atom. The van der Waals surface area contributed by atoms with Crippen LogP contribution in [0.3, 0.4) is 0 Å². The largest absolute Gasteiger partial charge is 0.478 e. The number of pyridine rings is 1. The highest BCUT2D eigenvalue weighted by molar-refractivity contribution is 9.10. The zero-order valence-corrected chi connectivity index (χ0v) is 13.0. The average Bonchev–Trinajstić information content (AvgIpc) is 2.91. The van der Waals surface area contributed by atoms with E-state index < -0.39 is 5.97 Å². The summed E-state index contributed by atoms with van der Waals surface area (Å²) in [5.41, 5.74) is 2.45. The van der Waals surface area contributed by atoms with E-state index in [1.165, 1.54) is 0 Å². The van der Waals surface area contributed by atoms with E-state index in [0.717, 1.165) is 15.0 Å². The van der Waals surface area contributed by atoms with Gasteiger partial charge < -0.3 is 5.11 Å². The molecule has 0 aliphatic rings. The summed E-state index contributed by atoms with van der Waals surface area (Å²) in [4.78, 5) is 17.2. The summed E-state index contributed by atoms with van der Waals surface area (Å²) < 4.78 is 0.884. The van der Waals surface area contributed by atoms with Gasteiger partial charge in [-0.15, -0.1) is 11.3 Å². The Hall–Kier alpha value is -1.72. The second-order valence-electron chi connectivity index (χ2n) is 4.40. The van der Waals surface area contributed by atoms with Crippen molar-refractivity contribution in [1.82, 2.24) is 4.98 Å². The quantitative estimate of drug-likeness (QED) is 0.728. The molecule has 0 bridgehead atoms. The molecule has 0 atom stereocenters. The second kappa shape index (κ2) is 5.00. The first kappa shape index (κ1) is 13.3. The first-order valence-corrected chi connectivity index (χ1v) is 7.62. The number of thiophene rings is 1. The van der Waals surface area contributed by atoms with Crippen LogP contribution in [0.4, 0.5) is 0 Å². The van der Waals surface area contributed by atoms with Gasteiger partial charge in [-0.05, 0) is 36.1 Å². The highest BCUT2D eigenvalue weighted by Gasteiger charge is 2.18. The molecule has 0 unspecified atom stereocenters. The number of hydrogen-bond acceptors (Lipinski definition) is 3. The number of halogens is 1. The van der Waals surface area contributed by atoms with E-state index in [1.54, 1.807) is 17.4 Å². The van der Waals surface area contributed by atoms with E-state index in [1.807, 2.05) is 36.6 Å². The molecule has 3 rings (SSSR count). The minimum Gasteiger partial charge on any atom is -0.478 e. The Bertz CT molecular complexity index is 812. The Morgan fingerprint density at radius 1 is 1.35 bits per heavy atom. The third kappa shape index (κ3) is 2.13. The Balaban J connectivity index is 2.43. The summed E-state index contributed by atoms with van der Waals surface area (Å²) in [7, 11) is 0. The number of nitrogens with zero attached hydrogens (tertiary/aromatic N) is 1. The number of fused-ring (bicyclic) bond motifs is 1. The lowest BCUT2D eigenvalue weighted by molar-refractivity contribution is 0.0698. The predicted molar refractivity (Wildman–Crippen MR) is 84.5 cm³/mol. The van der Waals surface area contributed by atoms with Crippen LogP contribution in [0.2, 0.25) is 0 Å². The zero-order chi connectivity index (χ0) is 14.3. The van der Waals surface area contributed by atoms with Gasteiger partial charge in [0.15, 0.2) is 0 Å². The monoisotopic (exact) mass is 347 g/mol. The van der Waals surface area contributed by atoms with Crippen LogP contribution in [0, 0.1) is 6.92 Å². The van der Waals surface area contributed by atoms with Gasteiger partial charge in [-0.3, -0.25) is 0 Å². The summed E-state index contributed by atoms with van der Waals surface area (Å²) >= 11 is 4.96. The van der Waals surface area contributed by atoms with Gasteiger partial charge in [-0.2, -0.15) is 0 Å². The van der Waals surface area contributed by atoms with E-state index in [9.17, 15) is 9.90 Å². The van der Waals surface area contributed by atoms with Crippen molar-refractivity contribution in [1.29, 1.82) is 0 Å². The van der Waals surface area contributed by atoms with Crippen LogP contribution in [0.5, 0.6) is 0 Å². The molecule has 100 valence electrons. The molecule has 20 heavy (non-hydrogen) atoms. The lowest BCUT2D eigenvalue weighted by atomic mass is 10.0. The van der Waals surface area contributed by atoms with Crippen molar-refractivity contribution in [3.05, 3.63) is 51.3 Å². The predicted octanol–water partition coefficient (Wildman–Crippen LogP) is 4.73. The fourth-order valence-electron chi connectivity index (χ4n) is 2.26. The molecule has 3 nitrogen and oxygen atoms in total. The SMILES string of the molecule is Cc1c(-c2cccs2)nc2cc(Br)ccc2c1C(=O)O.